The fourth-order valence-corrected chi connectivity index (χ4v) is 2.51. The largest absolute Gasteiger partial charge is 0.391 e. The molecule has 6 heteroatoms. The van der Waals surface area contributed by atoms with E-state index in [2.05, 4.69) is 20.3 Å². The molecule has 0 radical (unpaired) electrons. The van der Waals surface area contributed by atoms with Crippen LogP contribution < -0.4 is 16.2 Å². The molecule has 1 aromatic carbocycles. The van der Waals surface area contributed by atoms with Crippen molar-refractivity contribution in [2.24, 2.45) is 5.84 Å². The van der Waals surface area contributed by atoms with Crippen LogP contribution in [0, 0.1) is 0 Å². The van der Waals surface area contributed by atoms with Crippen molar-refractivity contribution in [1.29, 1.82) is 0 Å². The van der Waals surface area contributed by atoms with Crippen molar-refractivity contribution < 1.29 is 5.11 Å². The molecule has 4 N–H and O–H groups in total. The number of hydrazine groups is 1. The molecule has 2 aromatic rings. The maximum atomic E-state index is 9.81. The number of hydrogen-bond donors (Lipinski definition) is 3. The SMILES string of the molecule is NNc1nc(N2CCCC(O)C2)c2ccccc2n1. The number of piperidine rings is 1. The van der Waals surface area contributed by atoms with Crippen molar-refractivity contribution in [3.8, 4) is 0 Å². The van der Waals surface area contributed by atoms with Gasteiger partial charge in [-0.1, -0.05) is 12.1 Å². The highest BCUT2D eigenvalue weighted by Gasteiger charge is 2.21. The summed E-state index contributed by atoms with van der Waals surface area (Å²) in [4.78, 5) is 10.9. The summed E-state index contributed by atoms with van der Waals surface area (Å²) in [5.74, 6) is 6.65. The number of benzene rings is 1. The number of aliphatic hydroxyl groups excluding tert-OH is 1. The molecule has 0 amide bonds. The Hall–Kier alpha value is -1.92. The highest BCUT2D eigenvalue weighted by atomic mass is 16.3. The second kappa shape index (κ2) is 4.99. The summed E-state index contributed by atoms with van der Waals surface area (Å²) in [6.45, 7) is 1.49. The molecule has 2 heterocycles. The number of fused-ring (bicyclic) bond motifs is 1. The Bertz CT molecular complexity index is 588. The van der Waals surface area contributed by atoms with E-state index in [4.69, 9.17) is 5.84 Å². The summed E-state index contributed by atoms with van der Waals surface area (Å²) < 4.78 is 0. The number of aliphatic hydroxyl groups is 1. The average Bonchev–Trinajstić information content (AvgIpc) is 2.46. The standard InChI is InChI=1S/C13H17N5O/c14-17-13-15-11-6-2-1-5-10(11)12(16-13)18-7-3-4-9(19)8-18/h1-2,5-6,9,19H,3-4,7-8,14H2,(H,15,16,17). The van der Waals surface area contributed by atoms with Gasteiger partial charge in [0, 0.05) is 18.5 Å². The second-order valence-corrected chi connectivity index (χ2v) is 4.77. The smallest absolute Gasteiger partial charge is 0.239 e. The Kier molecular flexibility index (Phi) is 3.18. The van der Waals surface area contributed by atoms with E-state index in [-0.39, 0.29) is 6.10 Å². The monoisotopic (exact) mass is 259 g/mol. The van der Waals surface area contributed by atoms with Gasteiger partial charge in [-0.05, 0) is 25.0 Å². The zero-order chi connectivity index (χ0) is 13.2. The Balaban J connectivity index is 2.10. The van der Waals surface area contributed by atoms with Gasteiger partial charge in [-0.2, -0.15) is 4.98 Å². The third kappa shape index (κ3) is 2.32. The van der Waals surface area contributed by atoms with E-state index in [1.54, 1.807) is 0 Å². The Morgan fingerprint density at radius 2 is 2.16 bits per heavy atom. The zero-order valence-corrected chi connectivity index (χ0v) is 10.6. The van der Waals surface area contributed by atoms with E-state index >= 15 is 0 Å². The first kappa shape index (κ1) is 12.1. The highest BCUT2D eigenvalue weighted by molar-refractivity contribution is 5.90. The second-order valence-electron chi connectivity index (χ2n) is 4.77. The molecule has 1 saturated heterocycles. The minimum absolute atomic E-state index is 0.295. The first-order chi connectivity index (χ1) is 9.28. The summed E-state index contributed by atoms with van der Waals surface area (Å²) in [6.07, 6.45) is 1.52. The number of hydrogen-bond acceptors (Lipinski definition) is 6. The van der Waals surface area contributed by atoms with E-state index in [1.807, 2.05) is 24.3 Å². The topological polar surface area (TPSA) is 87.3 Å². The molecule has 1 atom stereocenters. The molecule has 19 heavy (non-hydrogen) atoms. The predicted molar refractivity (Wildman–Crippen MR) is 74.8 cm³/mol. The lowest BCUT2D eigenvalue weighted by atomic mass is 10.1. The van der Waals surface area contributed by atoms with Gasteiger partial charge >= 0.3 is 0 Å². The van der Waals surface area contributed by atoms with Crippen LogP contribution in [0.2, 0.25) is 0 Å². The van der Waals surface area contributed by atoms with E-state index in [9.17, 15) is 5.11 Å². The molecule has 0 bridgehead atoms. The lowest BCUT2D eigenvalue weighted by Gasteiger charge is -2.31. The van der Waals surface area contributed by atoms with Crippen LogP contribution >= 0.6 is 0 Å². The maximum absolute atomic E-state index is 9.81. The molecular formula is C13H17N5O. The van der Waals surface area contributed by atoms with Crippen LogP contribution in [-0.2, 0) is 0 Å². The Morgan fingerprint density at radius 3 is 2.95 bits per heavy atom. The van der Waals surface area contributed by atoms with Gasteiger partial charge in [-0.25, -0.2) is 10.8 Å². The predicted octanol–water partition coefficient (Wildman–Crippen LogP) is 0.876. The quantitative estimate of drug-likeness (QED) is 0.548. The summed E-state index contributed by atoms with van der Waals surface area (Å²) in [7, 11) is 0. The van der Waals surface area contributed by atoms with E-state index in [1.165, 1.54) is 0 Å². The van der Waals surface area contributed by atoms with Gasteiger partial charge in [0.15, 0.2) is 0 Å². The van der Waals surface area contributed by atoms with Crippen molar-refractivity contribution >= 4 is 22.7 Å². The van der Waals surface area contributed by atoms with Gasteiger partial charge in [0.25, 0.3) is 0 Å². The van der Waals surface area contributed by atoms with Gasteiger partial charge in [-0.3, -0.25) is 5.43 Å². The minimum atomic E-state index is -0.295. The number of rotatable bonds is 2. The molecule has 1 aliphatic rings. The molecule has 1 aliphatic heterocycles. The summed E-state index contributed by atoms with van der Waals surface area (Å²) in [5.41, 5.74) is 3.35. The number of aromatic nitrogens is 2. The normalized spacial score (nSPS) is 19.7. The minimum Gasteiger partial charge on any atom is -0.391 e. The number of nitrogens with zero attached hydrogens (tertiary/aromatic N) is 3. The molecule has 0 spiro atoms. The van der Waals surface area contributed by atoms with E-state index < -0.39 is 0 Å². The highest BCUT2D eigenvalue weighted by Crippen LogP contribution is 2.27. The van der Waals surface area contributed by atoms with Crippen LogP contribution in [0.1, 0.15) is 12.8 Å². The molecule has 100 valence electrons. The van der Waals surface area contributed by atoms with E-state index in [0.29, 0.717) is 12.5 Å². The molecule has 3 rings (SSSR count). The van der Waals surface area contributed by atoms with Gasteiger partial charge in [0.1, 0.15) is 5.82 Å². The van der Waals surface area contributed by atoms with Crippen LogP contribution in [0.25, 0.3) is 10.9 Å². The first-order valence-electron chi connectivity index (χ1n) is 6.44. The number of β-amino-alcohol motifs (C(OH)–C–C–N with tert-alkyl or cyclic N) is 1. The van der Waals surface area contributed by atoms with Crippen LogP contribution in [-0.4, -0.2) is 34.3 Å². The fourth-order valence-electron chi connectivity index (χ4n) is 2.51. The molecule has 6 nitrogen and oxygen atoms in total. The van der Waals surface area contributed by atoms with Gasteiger partial charge < -0.3 is 10.0 Å². The first-order valence-corrected chi connectivity index (χ1v) is 6.44. The van der Waals surface area contributed by atoms with Crippen LogP contribution in [0.15, 0.2) is 24.3 Å². The van der Waals surface area contributed by atoms with Crippen molar-refractivity contribution in [3.05, 3.63) is 24.3 Å². The van der Waals surface area contributed by atoms with Crippen LogP contribution in [0.3, 0.4) is 0 Å². The number of nitrogen functional groups attached to an aromatic ring is 1. The van der Waals surface area contributed by atoms with Crippen molar-refractivity contribution in [2.75, 3.05) is 23.4 Å². The summed E-state index contributed by atoms with van der Waals surface area (Å²) in [5, 5.41) is 10.8. The number of nitrogens with two attached hydrogens (primary N) is 1. The number of para-hydroxylation sites is 1. The lowest BCUT2D eigenvalue weighted by Crippen LogP contribution is -2.39. The molecule has 0 aliphatic carbocycles. The van der Waals surface area contributed by atoms with Crippen LogP contribution in [0.4, 0.5) is 11.8 Å². The van der Waals surface area contributed by atoms with Gasteiger partial charge in [0.2, 0.25) is 5.95 Å². The third-order valence-corrected chi connectivity index (χ3v) is 3.41. The number of anilines is 2. The third-order valence-electron chi connectivity index (χ3n) is 3.41. The fraction of sp³-hybridized carbons (Fsp3) is 0.385. The number of nitrogens with one attached hydrogen (secondary N) is 1. The Morgan fingerprint density at radius 1 is 1.32 bits per heavy atom. The average molecular weight is 259 g/mol. The van der Waals surface area contributed by atoms with Crippen molar-refractivity contribution in [2.45, 2.75) is 18.9 Å². The van der Waals surface area contributed by atoms with E-state index in [0.717, 1.165) is 36.1 Å². The Labute approximate surface area is 111 Å². The van der Waals surface area contributed by atoms with Gasteiger partial charge in [-0.15, -0.1) is 0 Å². The zero-order valence-electron chi connectivity index (χ0n) is 10.6. The van der Waals surface area contributed by atoms with Crippen LogP contribution in [0.5, 0.6) is 0 Å². The molecule has 1 unspecified atom stereocenters. The summed E-state index contributed by atoms with van der Waals surface area (Å²) >= 11 is 0. The van der Waals surface area contributed by atoms with Gasteiger partial charge in [0.05, 0.1) is 11.6 Å². The molecule has 0 saturated carbocycles. The molecule has 1 fully saturated rings. The lowest BCUT2D eigenvalue weighted by molar-refractivity contribution is 0.154. The van der Waals surface area contributed by atoms with Crippen molar-refractivity contribution in [3.63, 3.8) is 0 Å². The molecular weight excluding hydrogens is 242 g/mol. The molecule has 1 aromatic heterocycles. The van der Waals surface area contributed by atoms with Crippen molar-refractivity contribution in [1.82, 2.24) is 9.97 Å². The maximum Gasteiger partial charge on any atom is 0.239 e. The summed E-state index contributed by atoms with van der Waals surface area (Å²) in [6, 6.07) is 7.82.